The minimum absolute atomic E-state index is 0.0204. The number of aliphatic carboxylic acids is 1. The van der Waals surface area contributed by atoms with Crippen LogP contribution >= 0.6 is 11.6 Å². The van der Waals surface area contributed by atoms with Crippen LogP contribution in [0.15, 0.2) is 24.3 Å². The van der Waals surface area contributed by atoms with Gasteiger partial charge in [0.05, 0.1) is 12.6 Å². The highest BCUT2D eigenvalue weighted by Crippen LogP contribution is 2.41. The van der Waals surface area contributed by atoms with Crippen LogP contribution in [0.2, 0.25) is 5.02 Å². The fourth-order valence-corrected chi connectivity index (χ4v) is 5.02. The number of nitrogens with zero attached hydrogens (tertiary/aromatic N) is 1. The van der Waals surface area contributed by atoms with E-state index >= 15 is 0 Å². The zero-order chi connectivity index (χ0) is 22.5. The third kappa shape index (κ3) is 5.57. The van der Waals surface area contributed by atoms with Crippen LogP contribution < -0.4 is 5.32 Å². The molecule has 1 aliphatic carbocycles. The topological polar surface area (TPSA) is 95.9 Å². The number of carboxylic acid groups (broad SMARTS) is 1. The fraction of sp³-hybridized carbons (Fsp3) is 0.609. The van der Waals surface area contributed by atoms with E-state index in [-0.39, 0.29) is 24.5 Å². The van der Waals surface area contributed by atoms with E-state index < -0.39 is 30.1 Å². The Morgan fingerprint density at radius 3 is 2.61 bits per heavy atom. The smallest absolute Gasteiger partial charge is 0.326 e. The molecular weight excluding hydrogens is 420 g/mol. The lowest BCUT2D eigenvalue weighted by Gasteiger charge is -2.31. The first-order chi connectivity index (χ1) is 14.8. The van der Waals surface area contributed by atoms with Gasteiger partial charge in [0.1, 0.15) is 12.1 Å². The number of carbonyl (C=O) groups is 3. The number of aryl methyl sites for hydroxylation is 1. The van der Waals surface area contributed by atoms with Gasteiger partial charge < -0.3 is 14.7 Å². The Kier molecular flexibility index (Phi) is 7.94. The lowest BCUT2D eigenvalue weighted by molar-refractivity contribution is -0.151. The molecular formula is C23H31ClN2O5. The minimum Gasteiger partial charge on any atom is -0.480 e. The molecule has 1 amide bonds. The van der Waals surface area contributed by atoms with Crippen LogP contribution in [-0.4, -0.2) is 58.6 Å². The number of benzene rings is 1. The van der Waals surface area contributed by atoms with E-state index in [1.165, 1.54) is 0 Å². The first-order valence-corrected chi connectivity index (χ1v) is 11.4. The molecule has 1 aliphatic heterocycles. The molecule has 1 aromatic carbocycles. The number of fused-ring (bicyclic) bond motifs is 1. The van der Waals surface area contributed by atoms with Crippen LogP contribution in [0.3, 0.4) is 0 Å². The van der Waals surface area contributed by atoms with Crippen molar-refractivity contribution in [3.8, 4) is 0 Å². The Morgan fingerprint density at radius 1 is 1.26 bits per heavy atom. The van der Waals surface area contributed by atoms with E-state index in [1.807, 2.05) is 12.1 Å². The van der Waals surface area contributed by atoms with Gasteiger partial charge in [-0.2, -0.15) is 0 Å². The molecule has 0 spiro atoms. The zero-order valence-corrected chi connectivity index (χ0v) is 18.8. The maximum atomic E-state index is 13.3. The first-order valence-electron chi connectivity index (χ1n) is 11.0. The number of carbonyl (C=O) groups excluding carboxylic acids is 2. The van der Waals surface area contributed by atoms with Crippen LogP contribution in [0.25, 0.3) is 0 Å². The number of likely N-dealkylation sites (tertiary alicyclic amines) is 1. The summed E-state index contributed by atoms with van der Waals surface area (Å²) >= 11 is 5.93. The molecule has 8 heteroatoms. The van der Waals surface area contributed by atoms with Crippen LogP contribution in [-0.2, 0) is 25.5 Å². The van der Waals surface area contributed by atoms with Crippen molar-refractivity contribution >= 4 is 29.4 Å². The molecule has 1 saturated carbocycles. The van der Waals surface area contributed by atoms with Crippen LogP contribution in [0.1, 0.15) is 51.5 Å². The number of carboxylic acids is 1. The standard InChI is InChI=1S/C23H31ClN2O5/c1-3-31-23(30)18(12-9-15-7-10-17(24)11-8-15)25-14(2)21(27)26-19-6-4-5-16(19)13-20(26)22(28)29/h7-8,10-11,14,16,18-20,25H,3-6,9,12-13H2,1-2H3,(H,28,29)/t14-,16-,18-,19-,20-/m0/s1. The second-order valence-electron chi connectivity index (χ2n) is 8.45. The van der Waals surface area contributed by atoms with Gasteiger partial charge in [0, 0.05) is 11.1 Å². The van der Waals surface area contributed by atoms with Crippen molar-refractivity contribution in [2.75, 3.05) is 6.61 Å². The third-order valence-corrected chi connectivity index (χ3v) is 6.66. The van der Waals surface area contributed by atoms with E-state index in [9.17, 15) is 19.5 Å². The summed E-state index contributed by atoms with van der Waals surface area (Å²) in [5, 5.41) is 13.4. The van der Waals surface area contributed by atoms with Gasteiger partial charge in [0.2, 0.25) is 5.91 Å². The molecule has 0 aromatic heterocycles. The second kappa shape index (κ2) is 10.5. The van der Waals surface area contributed by atoms with Gasteiger partial charge in [0.25, 0.3) is 0 Å². The molecule has 0 radical (unpaired) electrons. The summed E-state index contributed by atoms with van der Waals surface area (Å²) in [6.45, 7) is 3.68. The predicted octanol–water partition coefficient (Wildman–Crippen LogP) is 3.04. The second-order valence-corrected chi connectivity index (χ2v) is 8.89. The summed E-state index contributed by atoms with van der Waals surface area (Å²) in [4.78, 5) is 39.1. The van der Waals surface area contributed by atoms with Gasteiger partial charge in [-0.1, -0.05) is 30.2 Å². The van der Waals surface area contributed by atoms with Gasteiger partial charge in [-0.15, -0.1) is 0 Å². The van der Waals surface area contributed by atoms with Gasteiger partial charge in [-0.05, 0) is 69.6 Å². The molecule has 1 saturated heterocycles. The van der Waals surface area contributed by atoms with E-state index in [4.69, 9.17) is 16.3 Å². The Hall–Kier alpha value is -2.12. The monoisotopic (exact) mass is 450 g/mol. The number of esters is 1. The first kappa shape index (κ1) is 23.5. The molecule has 1 heterocycles. The number of ether oxygens (including phenoxy) is 1. The Labute approximate surface area is 188 Å². The molecule has 7 nitrogen and oxygen atoms in total. The molecule has 2 fully saturated rings. The third-order valence-electron chi connectivity index (χ3n) is 6.41. The summed E-state index contributed by atoms with van der Waals surface area (Å²) in [5.74, 6) is -1.38. The predicted molar refractivity (Wildman–Crippen MR) is 117 cm³/mol. The highest BCUT2D eigenvalue weighted by molar-refractivity contribution is 6.30. The summed E-state index contributed by atoms with van der Waals surface area (Å²) in [5.41, 5.74) is 1.03. The van der Waals surface area contributed by atoms with E-state index in [0.29, 0.717) is 24.3 Å². The summed E-state index contributed by atoms with van der Waals surface area (Å²) in [6.07, 6.45) is 4.39. The lowest BCUT2D eigenvalue weighted by Crippen LogP contribution is -2.55. The minimum atomic E-state index is -0.959. The molecule has 5 atom stereocenters. The number of halogens is 1. The Bertz CT molecular complexity index is 800. The lowest BCUT2D eigenvalue weighted by atomic mass is 10.0. The van der Waals surface area contributed by atoms with Crippen molar-refractivity contribution in [2.45, 2.75) is 76.5 Å². The molecule has 0 unspecified atom stereocenters. The van der Waals surface area contributed by atoms with E-state index in [0.717, 1.165) is 24.8 Å². The van der Waals surface area contributed by atoms with Crippen molar-refractivity contribution in [3.63, 3.8) is 0 Å². The van der Waals surface area contributed by atoms with Crippen molar-refractivity contribution < 1.29 is 24.2 Å². The number of rotatable bonds is 9. The van der Waals surface area contributed by atoms with Gasteiger partial charge in [-0.3, -0.25) is 14.9 Å². The molecule has 170 valence electrons. The summed E-state index contributed by atoms with van der Waals surface area (Å²) < 4.78 is 5.20. The number of hydrogen-bond donors (Lipinski definition) is 2. The van der Waals surface area contributed by atoms with Gasteiger partial charge in [0.15, 0.2) is 0 Å². The van der Waals surface area contributed by atoms with Crippen LogP contribution in [0, 0.1) is 5.92 Å². The Balaban J connectivity index is 1.68. The largest absolute Gasteiger partial charge is 0.480 e. The molecule has 2 N–H and O–H groups in total. The van der Waals surface area contributed by atoms with Crippen molar-refractivity contribution in [1.82, 2.24) is 10.2 Å². The zero-order valence-electron chi connectivity index (χ0n) is 18.1. The fourth-order valence-electron chi connectivity index (χ4n) is 4.90. The summed E-state index contributed by atoms with van der Waals surface area (Å²) in [7, 11) is 0. The molecule has 31 heavy (non-hydrogen) atoms. The van der Waals surface area contributed by atoms with Gasteiger partial charge in [-0.25, -0.2) is 4.79 Å². The molecule has 0 bridgehead atoms. The number of nitrogens with one attached hydrogen (secondary N) is 1. The van der Waals surface area contributed by atoms with Crippen LogP contribution in [0.4, 0.5) is 0 Å². The normalized spacial score (nSPS) is 24.5. The SMILES string of the molecule is CCOC(=O)[C@H](CCc1ccc(Cl)cc1)N[C@@H](C)C(=O)N1[C@H](C(=O)O)C[C@@H]2CCC[C@@H]21. The average Bonchev–Trinajstić information content (AvgIpc) is 3.33. The highest BCUT2D eigenvalue weighted by Gasteiger charge is 2.49. The molecule has 3 rings (SSSR count). The molecule has 2 aliphatic rings. The van der Waals surface area contributed by atoms with E-state index in [1.54, 1.807) is 30.9 Å². The van der Waals surface area contributed by atoms with E-state index in [2.05, 4.69) is 5.32 Å². The Morgan fingerprint density at radius 2 is 1.97 bits per heavy atom. The number of hydrogen-bond acceptors (Lipinski definition) is 5. The maximum absolute atomic E-state index is 13.3. The van der Waals surface area contributed by atoms with Crippen molar-refractivity contribution in [3.05, 3.63) is 34.9 Å². The van der Waals surface area contributed by atoms with Gasteiger partial charge >= 0.3 is 11.9 Å². The van der Waals surface area contributed by atoms with Crippen molar-refractivity contribution in [1.29, 1.82) is 0 Å². The average molecular weight is 451 g/mol. The quantitative estimate of drug-likeness (QED) is 0.561. The maximum Gasteiger partial charge on any atom is 0.326 e. The van der Waals surface area contributed by atoms with Crippen LogP contribution in [0.5, 0.6) is 0 Å². The highest BCUT2D eigenvalue weighted by atomic mass is 35.5. The van der Waals surface area contributed by atoms with Crippen molar-refractivity contribution in [2.24, 2.45) is 5.92 Å². The number of amides is 1. The molecule has 1 aromatic rings. The summed E-state index contributed by atoms with van der Waals surface area (Å²) in [6, 6.07) is 5.23.